The van der Waals surface area contributed by atoms with Gasteiger partial charge in [-0.1, -0.05) is 23.8 Å². The van der Waals surface area contributed by atoms with Gasteiger partial charge in [-0.25, -0.2) is 9.07 Å². The zero-order chi connectivity index (χ0) is 12.6. The second kappa shape index (κ2) is 4.43. The van der Waals surface area contributed by atoms with Gasteiger partial charge in [0.15, 0.2) is 0 Å². The van der Waals surface area contributed by atoms with Crippen molar-refractivity contribution >= 4 is 28.8 Å². The molecule has 0 bridgehead atoms. The predicted molar refractivity (Wildman–Crippen MR) is 69.2 cm³/mol. The first-order chi connectivity index (χ1) is 8.00. The Morgan fingerprint density at radius 3 is 2.76 bits per heavy atom. The highest BCUT2D eigenvalue weighted by molar-refractivity contribution is 7.80. The normalized spacial score (nSPS) is 10.5. The first-order valence-electron chi connectivity index (χ1n) is 4.80. The summed E-state index contributed by atoms with van der Waals surface area (Å²) >= 11 is 10.6. The van der Waals surface area contributed by atoms with Crippen molar-refractivity contribution in [2.75, 3.05) is 0 Å². The summed E-state index contributed by atoms with van der Waals surface area (Å²) < 4.78 is 14.7. The molecule has 0 radical (unpaired) electrons. The molecule has 1 heterocycles. The van der Waals surface area contributed by atoms with Gasteiger partial charge in [0, 0.05) is 0 Å². The van der Waals surface area contributed by atoms with E-state index in [4.69, 9.17) is 29.6 Å². The van der Waals surface area contributed by atoms with Crippen LogP contribution < -0.4 is 5.73 Å². The van der Waals surface area contributed by atoms with Crippen molar-refractivity contribution in [1.82, 2.24) is 9.78 Å². The smallest absolute Gasteiger partial charge is 0.141 e. The second-order valence-electron chi connectivity index (χ2n) is 3.52. The lowest BCUT2D eigenvalue weighted by Gasteiger charge is -2.06. The number of nitrogens with zero attached hydrogens (tertiary/aromatic N) is 2. The largest absolute Gasteiger partial charge is 0.389 e. The Morgan fingerprint density at radius 2 is 2.24 bits per heavy atom. The maximum atomic E-state index is 13.0. The Hall–Kier alpha value is -1.46. The molecule has 0 saturated heterocycles. The maximum Gasteiger partial charge on any atom is 0.141 e. The fraction of sp³-hybridized carbons (Fsp3) is 0.0909. The molecular weight excluding hydrogens is 261 g/mol. The quantitative estimate of drug-likeness (QED) is 0.853. The van der Waals surface area contributed by atoms with Gasteiger partial charge in [0.25, 0.3) is 0 Å². The van der Waals surface area contributed by atoms with Crippen molar-refractivity contribution in [2.45, 2.75) is 6.92 Å². The van der Waals surface area contributed by atoms with Gasteiger partial charge in [0.1, 0.15) is 10.8 Å². The number of hydrogen-bond donors (Lipinski definition) is 1. The van der Waals surface area contributed by atoms with Gasteiger partial charge in [-0.15, -0.1) is 0 Å². The number of benzene rings is 1. The van der Waals surface area contributed by atoms with Gasteiger partial charge in [-0.3, -0.25) is 0 Å². The third-order valence-corrected chi connectivity index (χ3v) is 2.93. The van der Waals surface area contributed by atoms with E-state index < -0.39 is 5.82 Å². The van der Waals surface area contributed by atoms with Crippen molar-refractivity contribution in [3.8, 4) is 5.69 Å². The van der Waals surface area contributed by atoms with Crippen LogP contribution in [-0.4, -0.2) is 14.8 Å². The molecule has 0 atom stereocenters. The van der Waals surface area contributed by atoms with E-state index >= 15 is 0 Å². The Bertz CT molecular complexity index is 594. The fourth-order valence-electron chi connectivity index (χ4n) is 1.53. The Morgan fingerprint density at radius 1 is 1.53 bits per heavy atom. The van der Waals surface area contributed by atoms with Gasteiger partial charge in [0.2, 0.25) is 0 Å². The minimum absolute atomic E-state index is 0.0503. The number of aromatic nitrogens is 2. The van der Waals surface area contributed by atoms with Gasteiger partial charge >= 0.3 is 0 Å². The lowest BCUT2D eigenvalue weighted by atomic mass is 10.2. The van der Waals surface area contributed by atoms with Crippen LogP contribution in [0.5, 0.6) is 0 Å². The summed E-state index contributed by atoms with van der Waals surface area (Å²) in [6.07, 6.45) is 1.58. The van der Waals surface area contributed by atoms with Crippen LogP contribution in [-0.2, 0) is 0 Å². The first-order valence-corrected chi connectivity index (χ1v) is 5.59. The zero-order valence-corrected chi connectivity index (χ0v) is 10.5. The number of nitrogens with two attached hydrogens (primary N) is 1. The molecule has 0 spiro atoms. The third kappa shape index (κ3) is 2.16. The van der Waals surface area contributed by atoms with Crippen LogP contribution in [0.1, 0.15) is 11.3 Å². The lowest BCUT2D eigenvalue weighted by Crippen LogP contribution is -2.10. The van der Waals surface area contributed by atoms with E-state index in [2.05, 4.69) is 5.10 Å². The Kier molecular flexibility index (Phi) is 3.13. The van der Waals surface area contributed by atoms with Gasteiger partial charge < -0.3 is 5.73 Å². The fourth-order valence-corrected chi connectivity index (χ4v) is 1.90. The van der Waals surface area contributed by atoms with E-state index in [9.17, 15) is 4.39 Å². The summed E-state index contributed by atoms with van der Waals surface area (Å²) in [5.41, 5.74) is 7.70. The highest BCUT2D eigenvalue weighted by Crippen LogP contribution is 2.20. The zero-order valence-electron chi connectivity index (χ0n) is 8.95. The van der Waals surface area contributed by atoms with Crippen LogP contribution in [0.25, 0.3) is 5.69 Å². The lowest BCUT2D eigenvalue weighted by molar-refractivity contribution is 0.627. The van der Waals surface area contributed by atoms with E-state index in [1.54, 1.807) is 16.9 Å². The second-order valence-corrected chi connectivity index (χ2v) is 4.37. The summed E-state index contributed by atoms with van der Waals surface area (Å²) in [4.78, 5) is 0.280. The van der Waals surface area contributed by atoms with Crippen LogP contribution in [0.2, 0.25) is 5.02 Å². The van der Waals surface area contributed by atoms with Crippen LogP contribution in [0.15, 0.2) is 24.4 Å². The Balaban J connectivity index is 2.53. The molecule has 1 aromatic carbocycles. The van der Waals surface area contributed by atoms with E-state index in [1.165, 1.54) is 12.1 Å². The number of thiocarbonyl (C=S) groups is 1. The highest BCUT2D eigenvalue weighted by Gasteiger charge is 2.11. The van der Waals surface area contributed by atoms with Crippen LogP contribution in [0.4, 0.5) is 4.39 Å². The molecule has 17 heavy (non-hydrogen) atoms. The predicted octanol–water partition coefficient (Wildman–Crippen LogP) is 2.61. The van der Waals surface area contributed by atoms with Crippen molar-refractivity contribution in [1.29, 1.82) is 0 Å². The van der Waals surface area contributed by atoms with Crippen molar-refractivity contribution in [3.05, 3.63) is 46.5 Å². The van der Waals surface area contributed by atoms with Crippen LogP contribution >= 0.6 is 23.8 Å². The van der Waals surface area contributed by atoms with Crippen LogP contribution in [0.3, 0.4) is 0 Å². The SMILES string of the molecule is Cc1c(C(N)=S)cnn1-c1ccc(F)c(Cl)c1. The minimum atomic E-state index is -0.463. The molecule has 1 aromatic heterocycles. The number of halogens is 2. The molecule has 0 aliphatic heterocycles. The molecule has 0 fully saturated rings. The summed E-state index contributed by atoms with van der Waals surface area (Å²) in [5, 5.41) is 4.20. The van der Waals surface area contributed by atoms with Crippen LogP contribution in [0, 0.1) is 12.7 Å². The molecule has 0 amide bonds. The van der Waals surface area contributed by atoms with E-state index in [0.29, 0.717) is 11.3 Å². The topological polar surface area (TPSA) is 43.8 Å². The summed E-state index contributed by atoms with van der Waals surface area (Å²) in [5.74, 6) is -0.463. The molecule has 0 aliphatic rings. The number of rotatable bonds is 2. The highest BCUT2D eigenvalue weighted by atomic mass is 35.5. The van der Waals surface area contributed by atoms with Crippen molar-refractivity contribution in [2.24, 2.45) is 5.73 Å². The molecule has 88 valence electrons. The van der Waals surface area contributed by atoms with Gasteiger partial charge in [0.05, 0.1) is 28.2 Å². The molecule has 0 saturated carbocycles. The first kappa shape index (κ1) is 12.0. The summed E-state index contributed by atoms with van der Waals surface area (Å²) in [7, 11) is 0. The number of hydrogen-bond acceptors (Lipinski definition) is 2. The average molecular weight is 270 g/mol. The van der Waals surface area contributed by atoms with E-state index in [-0.39, 0.29) is 10.0 Å². The standard InChI is InChI=1S/C11H9ClFN3S/c1-6-8(11(14)17)5-15-16(6)7-2-3-10(13)9(12)4-7/h2-5H,1H3,(H2,14,17). The van der Waals surface area contributed by atoms with E-state index in [0.717, 1.165) is 5.69 Å². The minimum Gasteiger partial charge on any atom is -0.389 e. The molecule has 2 N–H and O–H groups in total. The summed E-state index contributed by atoms with van der Waals surface area (Å²) in [6, 6.07) is 4.38. The maximum absolute atomic E-state index is 13.0. The summed E-state index contributed by atoms with van der Waals surface area (Å²) in [6.45, 7) is 1.83. The molecular formula is C11H9ClFN3S. The van der Waals surface area contributed by atoms with Gasteiger partial charge in [-0.2, -0.15) is 5.10 Å². The average Bonchev–Trinajstić information content (AvgIpc) is 2.64. The van der Waals surface area contributed by atoms with Crippen molar-refractivity contribution in [3.63, 3.8) is 0 Å². The Labute approximate surface area is 108 Å². The van der Waals surface area contributed by atoms with Crippen molar-refractivity contribution < 1.29 is 4.39 Å². The molecule has 6 heteroatoms. The third-order valence-electron chi connectivity index (χ3n) is 2.42. The monoisotopic (exact) mass is 269 g/mol. The van der Waals surface area contributed by atoms with E-state index in [1.807, 2.05) is 6.92 Å². The molecule has 2 rings (SSSR count). The molecule has 2 aromatic rings. The molecule has 0 aliphatic carbocycles. The molecule has 3 nitrogen and oxygen atoms in total. The van der Waals surface area contributed by atoms with Gasteiger partial charge in [-0.05, 0) is 25.1 Å². The molecule has 0 unspecified atom stereocenters.